The maximum absolute atomic E-state index is 12.0. The molecule has 20 heavy (non-hydrogen) atoms. The van der Waals surface area contributed by atoms with E-state index in [1.807, 2.05) is 18.2 Å². The molecule has 2 heterocycles. The van der Waals surface area contributed by atoms with Crippen LogP contribution in [-0.2, 0) is 0 Å². The normalized spacial score (nSPS) is 11.8. The van der Waals surface area contributed by atoms with Crippen LogP contribution < -0.4 is 5.56 Å². The van der Waals surface area contributed by atoms with Crippen molar-refractivity contribution in [2.75, 3.05) is 0 Å². The minimum absolute atomic E-state index is 0.205. The molecule has 0 atom stereocenters. The molecule has 0 aliphatic carbocycles. The van der Waals surface area contributed by atoms with E-state index < -0.39 is 0 Å². The van der Waals surface area contributed by atoms with Crippen molar-refractivity contribution in [1.29, 1.82) is 0 Å². The third-order valence-electron chi connectivity index (χ3n) is 2.82. The van der Waals surface area contributed by atoms with Gasteiger partial charge >= 0.3 is 0 Å². The van der Waals surface area contributed by atoms with Gasteiger partial charge in [-0.1, -0.05) is 29.8 Å². The molecule has 0 aliphatic rings. The van der Waals surface area contributed by atoms with Gasteiger partial charge in [0, 0.05) is 12.4 Å². The lowest BCUT2D eigenvalue weighted by Gasteiger charge is -2.02. The SMILES string of the molecule is O=c1[nH]c(/C(Cl)=C/c2cccnc2)nc2ccccc12. The number of benzene rings is 1. The van der Waals surface area contributed by atoms with E-state index in [2.05, 4.69) is 15.0 Å². The van der Waals surface area contributed by atoms with Crippen molar-refractivity contribution >= 4 is 33.6 Å². The molecule has 0 spiro atoms. The molecule has 3 aromatic rings. The largest absolute Gasteiger partial charge is 0.305 e. The Morgan fingerprint density at radius 2 is 2.05 bits per heavy atom. The highest BCUT2D eigenvalue weighted by molar-refractivity contribution is 6.50. The molecule has 1 aromatic carbocycles. The molecule has 98 valence electrons. The second-order valence-electron chi connectivity index (χ2n) is 4.21. The number of rotatable bonds is 2. The first-order valence-electron chi connectivity index (χ1n) is 6.01. The molecule has 0 saturated heterocycles. The van der Waals surface area contributed by atoms with Gasteiger partial charge in [-0.05, 0) is 29.8 Å². The number of hydrogen-bond donors (Lipinski definition) is 1. The summed E-state index contributed by atoms with van der Waals surface area (Å²) in [6, 6.07) is 10.8. The molecule has 0 aliphatic heterocycles. The third-order valence-corrected chi connectivity index (χ3v) is 3.11. The van der Waals surface area contributed by atoms with E-state index >= 15 is 0 Å². The monoisotopic (exact) mass is 283 g/mol. The maximum Gasteiger partial charge on any atom is 0.259 e. The minimum atomic E-state index is -0.205. The van der Waals surface area contributed by atoms with Crippen molar-refractivity contribution in [3.63, 3.8) is 0 Å². The molecule has 0 amide bonds. The summed E-state index contributed by atoms with van der Waals surface area (Å²) in [7, 11) is 0. The van der Waals surface area contributed by atoms with E-state index in [0.29, 0.717) is 21.8 Å². The summed E-state index contributed by atoms with van der Waals surface area (Å²) in [5, 5.41) is 0.906. The molecule has 0 radical (unpaired) electrons. The highest BCUT2D eigenvalue weighted by Gasteiger charge is 2.06. The van der Waals surface area contributed by atoms with Crippen LogP contribution in [0.4, 0.5) is 0 Å². The smallest absolute Gasteiger partial charge is 0.259 e. The summed E-state index contributed by atoms with van der Waals surface area (Å²) in [6.07, 6.45) is 5.07. The molecule has 1 N–H and O–H groups in total. The molecule has 0 unspecified atom stereocenters. The van der Waals surface area contributed by atoms with Crippen LogP contribution in [0.15, 0.2) is 53.6 Å². The summed E-state index contributed by atoms with van der Waals surface area (Å²) in [5.41, 5.74) is 1.25. The molecule has 0 saturated carbocycles. The lowest BCUT2D eigenvalue weighted by molar-refractivity contribution is 1.14. The summed E-state index contributed by atoms with van der Waals surface area (Å²) in [6.45, 7) is 0. The fraction of sp³-hybridized carbons (Fsp3) is 0. The summed E-state index contributed by atoms with van der Waals surface area (Å²) >= 11 is 6.21. The standard InChI is InChI=1S/C15H10ClN3O/c16-12(8-10-4-3-7-17-9-10)14-18-13-6-2-1-5-11(13)15(20)19-14/h1-9H,(H,18,19,20)/b12-8-. The number of nitrogens with zero attached hydrogens (tertiary/aromatic N) is 2. The predicted octanol–water partition coefficient (Wildman–Crippen LogP) is 3.06. The Balaban J connectivity index is 2.11. The Bertz CT molecular complexity index is 840. The van der Waals surface area contributed by atoms with Gasteiger partial charge in [0.1, 0.15) is 0 Å². The van der Waals surface area contributed by atoms with Gasteiger partial charge in [0.2, 0.25) is 0 Å². The average Bonchev–Trinajstić information content (AvgIpc) is 2.48. The highest BCUT2D eigenvalue weighted by atomic mass is 35.5. The molecule has 0 bridgehead atoms. The van der Waals surface area contributed by atoms with Crippen molar-refractivity contribution in [3.8, 4) is 0 Å². The Morgan fingerprint density at radius 1 is 1.20 bits per heavy atom. The van der Waals surface area contributed by atoms with E-state index in [-0.39, 0.29) is 5.56 Å². The number of aromatic nitrogens is 3. The van der Waals surface area contributed by atoms with Gasteiger partial charge in [0.25, 0.3) is 5.56 Å². The van der Waals surface area contributed by atoms with Crippen molar-refractivity contribution in [2.24, 2.45) is 0 Å². The lowest BCUT2D eigenvalue weighted by Crippen LogP contribution is -2.10. The summed E-state index contributed by atoms with van der Waals surface area (Å²) < 4.78 is 0. The fourth-order valence-corrected chi connectivity index (χ4v) is 2.09. The zero-order valence-corrected chi connectivity index (χ0v) is 11.1. The van der Waals surface area contributed by atoms with Gasteiger partial charge in [-0.25, -0.2) is 4.98 Å². The second-order valence-corrected chi connectivity index (χ2v) is 4.62. The van der Waals surface area contributed by atoms with Crippen molar-refractivity contribution < 1.29 is 0 Å². The molecular weight excluding hydrogens is 274 g/mol. The van der Waals surface area contributed by atoms with Crippen molar-refractivity contribution in [1.82, 2.24) is 15.0 Å². The van der Waals surface area contributed by atoms with Crippen LogP contribution in [0, 0.1) is 0 Å². The average molecular weight is 284 g/mol. The van der Waals surface area contributed by atoms with Crippen LogP contribution in [-0.4, -0.2) is 15.0 Å². The number of H-pyrrole nitrogens is 1. The van der Waals surface area contributed by atoms with Crippen molar-refractivity contribution in [3.05, 3.63) is 70.5 Å². The number of hydrogen-bond acceptors (Lipinski definition) is 3. The number of fused-ring (bicyclic) bond motifs is 1. The van der Waals surface area contributed by atoms with Gasteiger partial charge < -0.3 is 4.98 Å². The van der Waals surface area contributed by atoms with Crippen LogP contribution in [0.25, 0.3) is 22.0 Å². The number of para-hydroxylation sites is 1. The van der Waals surface area contributed by atoms with Gasteiger partial charge in [-0.2, -0.15) is 0 Å². The van der Waals surface area contributed by atoms with E-state index in [1.165, 1.54) is 0 Å². The molecule has 5 heteroatoms. The zero-order chi connectivity index (χ0) is 13.9. The Morgan fingerprint density at radius 3 is 2.85 bits per heavy atom. The summed E-state index contributed by atoms with van der Waals surface area (Å²) in [4.78, 5) is 23.0. The highest BCUT2D eigenvalue weighted by Crippen LogP contribution is 2.19. The molecule has 0 fully saturated rings. The number of halogens is 1. The molecule has 4 nitrogen and oxygen atoms in total. The Hall–Kier alpha value is -2.46. The maximum atomic E-state index is 12.0. The topological polar surface area (TPSA) is 58.6 Å². The van der Waals surface area contributed by atoms with E-state index in [9.17, 15) is 4.79 Å². The molecule has 3 rings (SSSR count). The van der Waals surface area contributed by atoms with Crippen LogP contribution in [0.5, 0.6) is 0 Å². The quantitative estimate of drug-likeness (QED) is 0.786. The van der Waals surface area contributed by atoms with E-state index in [0.717, 1.165) is 5.56 Å². The molecule has 2 aromatic heterocycles. The van der Waals surface area contributed by atoms with Gasteiger partial charge in [0.15, 0.2) is 5.82 Å². The Labute approximate surface area is 119 Å². The first kappa shape index (κ1) is 12.6. The van der Waals surface area contributed by atoms with Crippen LogP contribution in [0.2, 0.25) is 0 Å². The molecular formula is C15H10ClN3O. The first-order valence-corrected chi connectivity index (χ1v) is 6.38. The fourth-order valence-electron chi connectivity index (χ4n) is 1.88. The number of pyridine rings is 1. The number of aromatic amines is 1. The minimum Gasteiger partial charge on any atom is -0.305 e. The van der Waals surface area contributed by atoms with Gasteiger partial charge in [-0.15, -0.1) is 0 Å². The van der Waals surface area contributed by atoms with E-state index in [1.54, 1.807) is 36.7 Å². The van der Waals surface area contributed by atoms with Gasteiger partial charge in [0.05, 0.1) is 15.9 Å². The van der Waals surface area contributed by atoms with E-state index in [4.69, 9.17) is 11.6 Å². The van der Waals surface area contributed by atoms with Gasteiger partial charge in [-0.3, -0.25) is 9.78 Å². The lowest BCUT2D eigenvalue weighted by atomic mass is 10.2. The van der Waals surface area contributed by atoms with Crippen LogP contribution in [0.3, 0.4) is 0 Å². The van der Waals surface area contributed by atoms with Crippen LogP contribution >= 0.6 is 11.6 Å². The third kappa shape index (κ3) is 2.46. The van der Waals surface area contributed by atoms with Crippen molar-refractivity contribution in [2.45, 2.75) is 0 Å². The number of nitrogens with one attached hydrogen (secondary N) is 1. The summed E-state index contributed by atoms with van der Waals surface area (Å²) in [5.74, 6) is 0.346. The predicted molar refractivity (Wildman–Crippen MR) is 80.3 cm³/mol. The second kappa shape index (κ2) is 5.27. The Kier molecular flexibility index (Phi) is 3.31. The van der Waals surface area contributed by atoms with Crippen LogP contribution in [0.1, 0.15) is 11.4 Å². The zero-order valence-electron chi connectivity index (χ0n) is 10.4. The first-order chi connectivity index (χ1) is 9.74.